The molecule has 2 aliphatic rings. The predicted molar refractivity (Wildman–Crippen MR) is 90.5 cm³/mol. The maximum atomic E-state index is 14.0. The van der Waals surface area contributed by atoms with Crippen LogP contribution in [-0.2, 0) is 0 Å². The molecule has 0 radical (unpaired) electrons. The Bertz CT molecular complexity index is 700. The second-order valence-corrected chi connectivity index (χ2v) is 7.68. The second kappa shape index (κ2) is 6.25. The Labute approximate surface area is 146 Å². The van der Waals surface area contributed by atoms with Crippen LogP contribution in [0.4, 0.5) is 4.39 Å². The van der Waals surface area contributed by atoms with E-state index in [0.717, 1.165) is 19.3 Å². The van der Waals surface area contributed by atoms with Gasteiger partial charge in [0.2, 0.25) is 0 Å². The summed E-state index contributed by atoms with van der Waals surface area (Å²) in [5.41, 5.74) is -1.12. The largest absolute Gasteiger partial charge is 0.477 e. The molecule has 0 aromatic heterocycles. The summed E-state index contributed by atoms with van der Waals surface area (Å²) in [6.45, 7) is 3.36. The number of nitrogens with zero attached hydrogens (tertiary/aromatic N) is 2. The van der Waals surface area contributed by atoms with E-state index in [0.29, 0.717) is 11.8 Å². The summed E-state index contributed by atoms with van der Waals surface area (Å²) in [7, 11) is 0. The van der Waals surface area contributed by atoms with Gasteiger partial charge in [0, 0.05) is 11.1 Å². The minimum Gasteiger partial charge on any atom is -0.477 e. The Hall–Kier alpha value is -1.80. The minimum atomic E-state index is -1.12. The smallest absolute Gasteiger partial charge is 0.185 e. The Balaban J connectivity index is 1.77. The lowest BCUT2D eigenvalue weighted by Gasteiger charge is -2.36. The van der Waals surface area contributed by atoms with Crippen LogP contribution in [0.3, 0.4) is 0 Å². The topological polar surface area (TPSA) is 60.1 Å². The molecule has 2 fully saturated rings. The average Bonchev–Trinajstić information content (AvgIpc) is 3.14. The number of hydrogen-bond donors (Lipinski definition) is 1. The predicted octanol–water partition coefficient (Wildman–Crippen LogP) is 4.59. The van der Waals surface area contributed by atoms with Gasteiger partial charge in [-0.25, -0.2) is 4.39 Å². The average molecular weight is 350 g/mol. The lowest BCUT2D eigenvalue weighted by Crippen LogP contribution is -2.51. The fourth-order valence-corrected chi connectivity index (χ4v) is 4.15. The van der Waals surface area contributed by atoms with Gasteiger partial charge in [0.15, 0.2) is 29.2 Å². The van der Waals surface area contributed by atoms with E-state index in [1.165, 1.54) is 29.5 Å². The highest BCUT2D eigenvalue weighted by atomic mass is 35.5. The van der Waals surface area contributed by atoms with Crippen LogP contribution < -0.4 is 4.74 Å². The van der Waals surface area contributed by atoms with Crippen molar-refractivity contribution in [2.24, 2.45) is 11.8 Å². The van der Waals surface area contributed by atoms with Crippen molar-refractivity contribution in [1.82, 2.24) is 4.90 Å². The molecule has 2 aliphatic carbocycles. The molecule has 1 aromatic carbocycles. The van der Waals surface area contributed by atoms with Crippen LogP contribution in [0.1, 0.15) is 39.5 Å². The number of amidine groups is 1. The van der Waals surface area contributed by atoms with E-state index < -0.39 is 11.4 Å². The molecule has 2 bridgehead atoms. The molecule has 3 unspecified atom stereocenters. The van der Waals surface area contributed by atoms with Gasteiger partial charge in [-0.05, 0) is 63.1 Å². The van der Waals surface area contributed by atoms with Gasteiger partial charge >= 0.3 is 0 Å². The van der Waals surface area contributed by atoms with Gasteiger partial charge in [-0.1, -0.05) is 18.0 Å². The van der Waals surface area contributed by atoms with E-state index in [2.05, 4.69) is 6.19 Å². The number of benzene rings is 1. The van der Waals surface area contributed by atoms with E-state index in [4.69, 9.17) is 21.7 Å². The second-order valence-electron chi connectivity index (χ2n) is 7.25. The molecule has 24 heavy (non-hydrogen) atoms. The standard InChI is InChI=1S/C18H21ClFN3O/c1-18(2,24-16-6-5-13(19)9-14(16)20)17(22)23(10-21)15-8-11-3-4-12(15)7-11/h5-6,9,11-12,15,22H,3-4,7-8H2,1-2H3. The van der Waals surface area contributed by atoms with Crippen molar-refractivity contribution in [2.45, 2.75) is 51.2 Å². The first kappa shape index (κ1) is 17.0. The van der Waals surface area contributed by atoms with Gasteiger partial charge in [-0.2, -0.15) is 5.26 Å². The van der Waals surface area contributed by atoms with Gasteiger partial charge in [-0.3, -0.25) is 10.3 Å². The lowest BCUT2D eigenvalue weighted by atomic mass is 9.93. The summed E-state index contributed by atoms with van der Waals surface area (Å²) in [4.78, 5) is 1.47. The molecular weight excluding hydrogens is 329 g/mol. The molecule has 2 saturated carbocycles. The van der Waals surface area contributed by atoms with Crippen LogP contribution in [0.2, 0.25) is 5.02 Å². The summed E-state index contributed by atoms with van der Waals surface area (Å²) in [5.74, 6) is 0.656. The molecular formula is C18H21ClFN3O. The summed E-state index contributed by atoms with van der Waals surface area (Å²) in [6.07, 6.45) is 6.60. The van der Waals surface area contributed by atoms with Gasteiger partial charge in [0.05, 0.1) is 0 Å². The number of halogens is 2. The maximum Gasteiger partial charge on any atom is 0.185 e. The third-order valence-corrected chi connectivity index (χ3v) is 5.45. The first-order valence-corrected chi connectivity index (χ1v) is 8.61. The highest BCUT2D eigenvalue weighted by Gasteiger charge is 2.46. The Kier molecular flexibility index (Phi) is 4.44. The highest BCUT2D eigenvalue weighted by Crippen LogP contribution is 2.47. The zero-order valence-corrected chi connectivity index (χ0v) is 14.6. The first-order valence-electron chi connectivity index (χ1n) is 8.24. The van der Waals surface area contributed by atoms with Crippen LogP contribution in [0, 0.1) is 34.5 Å². The van der Waals surface area contributed by atoms with Crippen molar-refractivity contribution in [2.75, 3.05) is 0 Å². The normalized spacial score (nSPS) is 25.4. The maximum absolute atomic E-state index is 14.0. The van der Waals surface area contributed by atoms with Gasteiger partial charge in [0.1, 0.15) is 0 Å². The number of hydrogen-bond acceptors (Lipinski definition) is 3. The first-order chi connectivity index (χ1) is 11.3. The Morgan fingerprint density at radius 2 is 2.17 bits per heavy atom. The van der Waals surface area contributed by atoms with Crippen LogP contribution in [-0.4, -0.2) is 22.4 Å². The van der Waals surface area contributed by atoms with E-state index in [9.17, 15) is 9.65 Å². The summed E-state index contributed by atoms with van der Waals surface area (Å²) in [6, 6.07) is 4.23. The van der Waals surface area contributed by atoms with E-state index in [-0.39, 0.29) is 22.6 Å². The Morgan fingerprint density at radius 1 is 1.42 bits per heavy atom. The van der Waals surface area contributed by atoms with Crippen molar-refractivity contribution in [3.05, 3.63) is 29.0 Å². The van der Waals surface area contributed by atoms with Crippen LogP contribution in [0.15, 0.2) is 18.2 Å². The van der Waals surface area contributed by atoms with Gasteiger partial charge < -0.3 is 4.74 Å². The number of rotatable bonds is 4. The van der Waals surface area contributed by atoms with E-state index in [1.54, 1.807) is 13.8 Å². The zero-order chi connectivity index (χ0) is 17.5. The van der Waals surface area contributed by atoms with Crippen molar-refractivity contribution in [1.29, 1.82) is 10.7 Å². The monoisotopic (exact) mass is 349 g/mol. The number of ether oxygens (including phenoxy) is 1. The van der Waals surface area contributed by atoms with Crippen molar-refractivity contribution in [3.8, 4) is 11.9 Å². The summed E-state index contributed by atoms with van der Waals surface area (Å²) in [5, 5.41) is 18.4. The molecule has 0 heterocycles. The third-order valence-electron chi connectivity index (χ3n) is 5.21. The van der Waals surface area contributed by atoms with Crippen LogP contribution >= 0.6 is 11.6 Å². The van der Waals surface area contributed by atoms with E-state index in [1.807, 2.05) is 0 Å². The molecule has 1 aromatic rings. The Morgan fingerprint density at radius 3 is 2.71 bits per heavy atom. The van der Waals surface area contributed by atoms with Crippen molar-refractivity contribution < 1.29 is 9.13 Å². The molecule has 1 N–H and O–H groups in total. The zero-order valence-electron chi connectivity index (χ0n) is 13.9. The SMILES string of the molecule is CC(C)(Oc1ccc(Cl)cc1F)C(=N)N(C#N)C1CC2CCC1C2. The number of fused-ring (bicyclic) bond motifs is 2. The van der Waals surface area contributed by atoms with Crippen molar-refractivity contribution >= 4 is 17.4 Å². The molecule has 0 aliphatic heterocycles. The third kappa shape index (κ3) is 3.08. The quantitative estimate of drug-likeness (QED) is 0.374. The summed E-state index contributed by atoms with van der Waals surface area (Å²) >= 11 is 5.76. The number of nitriles is 1. The molecule has 0 spiro atoms. The highest BCUT2D eigenvalue weighted by molar-refractivity contribution is 6.30. The fourth-order valence-electron chi connectivity index (χ4n) is 3.99. The molecule has 4 nitrogen and oxygen atoms in total. The number of nitrogens with one attached hydrogen (secondary N) is 1. The molecule has 0 amide bonds. The van der Waals surface area contributed by atoms with Crippen LogP contribution in [0.5, 0.6) is 5.75 Å². The molecule has 0 saturated heterocycles. The fraction of sp³-hybridized carbons (Fsp3) is 0.556. The van der Waals surface area contributed by atoms with Crippen molar-refractivity contribution in [3.63, 3.8) is 0 Å². The molecule has 3 atom stereocenters. The van der Waals surface area contributed by atoms with Gasteiger partial charge in [0.25, 0.3) is 0 Å². The van der Waals surface area contributed by atoms with E-state index >= 15 is 0 Å². The van der Waals surface area contributed by atoms with Crippen LogP contribution in [0.25, 0.3) is 0 Å². The lowest BCUT2D eigenvalue weighted by molar-refractivity contribution is 0.149. The minimum absolute atomic E-state index is 0.0278. The molecule has 128 valence electrons. The molecule has 3 rings (SSSR count). The summed E-state index contributed by atoms with van der Waals surface area (Å²) < 4.78 is 19.7. The molecule has 6 heteroatoms. The van der Waals surface area contributed by atoms with Gasteiger partial charge in [-0.15, -0.1) is 0 Å².